The number of nitrogens with one attached hydrogen (secondary N) is 2. The van der Waals surface area contributed by atoms with E-state index in [1.165, 1.54) is 25.0 Å². The van der Waals surface area contributed by atoms with Crippen LogP contribution in [-0.4, -0.2) is 48.2 Å². The molecule has 1 aliphatic carbocycles. The fraction of sp³-hybridized carbons (Fsp3) is 0.429. The van der Waals surface area contributed by atoms with Gasteiger partial charge in [-0.25, -0.2) is 9.59 Å². The largest absolute Gasteiger partial charge is 0.478 e. The molecule has 1 aromatic carbocycles. The molecular weight excluding hydrogens is 294 g/mol. The highest BCUT2D eigenvalue weighted by molar-refractivity contribution is 6.34. The molecule has 0 saturated heterocycles. The molecule has 0 bridgehead atoms. The van der Waals surface area contributed by atoms with Crippen molar-refractivity contribution in [3.05, 3.63) is 28.8 Å². The lowest BCUT2D eigenvalue weighted by Gasteiger charge is -2.16. The molecule has 0 atom stereocenters. The molecule has 2 amide bonds. The topological polar surface area (TPSA) is 81.7 Å². The number of urea groups is 1. The van der Waals surface area contributed by atoms with Gasteiger partial charge < -0.3 is 20.6 Å². The number of hydrogen-bond acceptors (Lipinski definition) is 3. The SMILES string of the molecule is CN(CCNC(=O)Nc1cccc(Cl)c1C(=O)O)C1CC1. The summed E-state index contributed by atoms with van der Waals surface area (Å²) < 4.78 is 0. The lowest BCUT2D eigenvalue weighted by atomic mass is 10.2. The van der Waals surface area contributed by atoms with Crippen LogP contribution in [0.25, 0.3) is 0 Å². The first-order valence-corrected chi connectivity index (χ1v) is 7.13. The Morgan fingerprint density at radius 2 is 2.14 bits per heavy atom. The smallest absolute Gasteiger partial charge is 0.339 e. The molecule has 0 unspecified atom stereocenters. The third-order valence-corrected chi connectivity index (χ3v) is 3.71. The number of carbonyl (C=O) groups excluding carboxylic acids is 1. The van der Waals surface area contributed by atoms with Crippen molar-refractivity contribution in [1.82, 2.24) is 10.2 Å². The number of aromatic carboxylic acids is 1. The Hall–Kier alpha value is -1.79. The highest BCUT2D eigenvalue weighted by Crippen LogP contribution is 2.25. The maximum Gasteiger partial charge on any atom is 0.339 e. The number of nitrogens with zero attached hydrogens (tertiary/aromatic N) is 1. The van der Waals surface area contributed by atoms with Crippen molar-refractivity contribution in [3.63, 3.8) is 0 Å². The fourth-order valence-electron chi connectivity index (χ4n) is 2.06. The lowest BCUT2D eigenvalue weighted by molar-refractivity contribution is 0.0698. The zero-order valence-electron chi connectivity index (χ0n) is 11.7. The van der Waals surface area contributed by atoms with Gasteiger partial charge in [0.05, 0.1) is 10.7 Å². The Morgan fingerprint density at radius 3 is 2.76 bits per heavy atom. The number of halogens is 1. The van der Waals surface area contributed by atoms with Crippen LogP contribution < -0.4 is 10.6 Å². The molecule has 0 heterocycles. The molecule has 1 fully saturated rings. The first kappa shape index (κ1) is 15.6. The number of carbonyl (C=O) groups is 2. The van der Waals surface area contributed by atoms with Crippen LogP contribution in [0.15, 0.2) is 18.2 Å². The predicted octanol–water partition coefficient (Wildman–Crippen LogP) is 2.25. The molecule has 1 aliphatic rings. The number of rotatable bonds is 6. The molecule has 2 rings (SSSR count). The van der Waals surface area contributed by atoms with Crippen LogP contribution in [0.5, 0.6) is 0 Å². The van der Waals surface area contributed by atoms with Gasteiger partial charge in [0.15, 0.2) is 0 Å². The van der Waals surface area contributed by atoms with Crippen molar-refractivity contribution in [3.8, 4) is 0 Å². The molecule has 6 nitrogen and oxygen atoms in total. The Kier molecular flexibility index (Phi) is 5.03. The van der Waals surface area contributed by atoms with Crippen LogP contribution in [0.1, 0.15) is 23.2 Å². The van der Waals surface area contributed by atoms with E-state index in [0.29, 0.717) is 12.6 Å². The number of benzene rings is 1. The molecule has 0 aliphatic heterocycles. The van der Waals surface area contributed by atoms with Crippen LogP contribution in [0.2, 0.25) is 5.02 Å². The summed E-state index contributed by atoms with van der Waals surface area (Å²) in [6.07, 6.45) is 2.43. The summed E-state index contributed by atoms with van der Waals surface area (Å²) in [6.45, 7) is 1.27. The summed E-state index contributed by atoms with van der Waals surface area (Å²) in [5.74, 6) is -1.18. The maximum atomic E-state index is 11.8. The summed E-state index contributed by atoms with van der Waals surface area (Å²) in [5, 5.41) is 14.4. The van der Waals surface area contributed by atoms with Gasteiger partial charge in [-0.2, -0.15) is 0 Å². The van der Waals surface area contributed by atoms with Gasteiger partial charge in [-0.1, -0.05) is 17.7 Å². The summed E-state index contributed by atoms with van der Waals surface area (Å²) in [4.78, 5) is 25.1. The second-order valence-corrected chi connectivity index (χ2v) is 5.47. The van der Waals surface area contributed by atoms with Crippen LogP contribution >= 0.6 is 11.6 Å². The van der Waals surface area contributed by atoms with Crippen LogP contribution in [-0.2, 0) is 0 Å². The highest BCUT2D eigenvalue weighted by Gasteiger charge is 2.25. The molecule has 0 aromatic heterocycles. The number of hydrogen-bond donors (Lipinski definition) is 3. The Bertz CT molecular complexity index is 546. The van der Waals surface area contributed by atoms with Crippen LogP contribution in [0.3, 0.4) is 0 Å². The predicted molar refractivity (Wildman–Crippen MR) is 81.1 cm³/mol. The average molecular weight is 312 g/mol. The standard InChI is InChI=1S/C14H18ClN3O3/c1-18(9-5-6-9)8-7-16-14(21)17-11-4-2-3-10(15)12(11)13(19)20/h2-4,9H,5-8H2,1H3,(H,19,20)(H2,16,17,21). The third-order valence-electron chi connectivity index (χ3n) is 3.40. The van der Waals surface area contributed by atoms with E-state index in [0.717, 1.165) is 6.54 Å². The molecule has 7 heteroatoms. The second kappa shape index (κ2) is 6.78. The fourth-order valence-corrected chi connectivity index (χ4v) is 2.31. The molecule has 0 radical (unpaired) electrons. The van der Waals surface area contributed by atoms with E-state index in [4.69, 9.17) is 16.7 Å². The van der Waals surface area contributed by atoms with Gasteiger partial charge in [-0.15, -0.1) is 0 Å². The summed E-state index contributed by atoms with van der Waals surface area (Å²) in [7, 11) is 2.02. The monoisotopic (exact) mass is 311 g/mol. The molecular formula is C14H18ClN3O3. The normalized spacial score (nSPS) is 14.0. The van der Waals surface area contributed by atoms with E-state index in [9.17, 15) is 9.59 Å². The number of likely N-dealkylation sites (N-methyl/N-ethyl adjacent to an activating group) is 1. The molecule has 21 heavy (non-hydrogen) atoms. The quantitative estimate of drug-likeness (QED) is 0.752. The van der Waals surface area contributed by atoms with E-state index in [1.807, 2.05) is 7.05 Å². The number of carboxylic acid groups (broad SMARTS) is 1. The van der Waals surface area contributed by atoms with Crippen LogP contribution in [0, 0.1) is 0 Å². The Morgan fingerprint density at radius 1 is 1.43 bits per heavy atom. The van der Waals surface area contributed by atoms with E-state index in [1.54, 1.807) is 6.07 Å². The second-order valence-electron chi connectivity index (χ2n) is 5.06. The van der Waals surface area contributed by atoms with Crippen molar-refractivity contribution in [1.29, 1.82) is 0 Å². The highest BCUT2D eigenvalue weighted by atomic mass is 35.5. The van der Waals surface area contributed by atoms with Gasteiger partial charge in [0.2, 0.25) is 0 Å². The summed E-state index contributed by atoms with van der Waals surface area (Å²) >= 11 is 5.84. The number of carboxylic acids is 1. The van der Waals surface area contributed by atoms with Crippen molar-refractivity contribution < 1.29 is 14.7 Å². The molecule has 1 saturated carbocycles. The number of amides is 2. The first-order valence-electron chi connectivity index (χ1n) is 6.76. The maximum absolute atomic E-state index is 11.8. The zero-order chi connectivity index (χ0) is 15.4. The first-order chi connectivity index (χ1) is 9.99. The van der Waals surface area contributed by atoms with E-state index >= 15 is 0 Å². The Balaban J connectivity index is 1.87. The molecule has 0 spiro atoms. The summed E-state index contributed by atoms with van der Waals surface area (Å²) in [6, 6.07) is 4.76. The van der Waals surface area contributed by atoms with Crippen molar-refractivity contribution in [2.75, 3.05) is 25.5 Å². The number of anilines is 1. The Labute approximate surface area is 128 Å². The molecule has 1 aromatic rings. The lowest BCUT2D eigenvalue weighted by Crippen LogP contribution is -2.36. The third kappa shape index (κ3) is 4.34. The van der Waals surface area contributed by atoms with Gasteiger partial charge in [-0.3, -0.25) is 0 Å². The van der Waals surface area contributed by atoms with E-state index in [2.05, 4.69) is 15.5 Å². The molecule has 114 valence electrons. The van der Waals surface area contributed by atoms with Crippen LogP contribution in [0.4, 0.5) is 10.5 Å². The minimum absolute atomic E-state index is 0.0915. The van der Waals surface area contributed by atoms with Gasteiger partial charge in [0, 0.05) is 19.1 Å². The minimum atomic E-state index is -1.18. The van der Waals surface area contributed by atoms with Crippen molar-refractivity contribution in [2.45, 2.75) is 18.9 Å². The van der Waals surface area contributed by atoms with Gasteiger partial charge in [0.25, 0.3) is 0 Å². The van der Waals surface area contributed by atoms with Crippen molar-refractivity contribution in [2.24, 2.45) is 0 Å². The zero-order valence-corrected chi connectivity index (χ0v) is 12.5. The van der Waals surface area contributed by atoms with Crippen molar-refractivity contribution >= 4 is 29.3 Å². The average Bonchev–Trinajstić information content (AvgIpc) is 3.22. The van der Waals surface area contributed by atoms with E-state index in [-0.39, 0.29) is 16.3 Å². The van der Waals surface area contributed by atoms with Gasteiger partial charge >= 0.3 is 12.0 Å². The van der Waals surface area contributed by atoms with Gasteiger partial charge in [-0.05, 0) is 32.0 Å². The molecule has 3 N–H and O–H groups in total. The summed E-state index contributed by atoms with van der Waals surface area (Å²) in [5.41, 5.74) is 0.0764. The van der Waals surface area contributed by atoms with Gasteiger partial charge in [0.1, 0.15) is 5.56 Å². The minimum Gasteiger partial charge on any atom is -0.478 e. The van der Waals surface area contributed by atoms with E-state index < -0.39 is 12.0 Å².